The molecular weight excluding hydrogens is 549 g/mol. The zero-order chi connectivity index (χ0) is 30.3. The Morgan fingerprint density at radius 2 is 1.53 bits per heavy atom. The van der Waals surface area contributed by atoms with Crippen LogP contribution in [0, 0.1) is 5.82 Å². The number of halogens is 1. The van der Waals surface area contributed by atoms with E-state index in [0.717, 1.165) is 29.8 Å². The van der Waals surface area contributed by atoms with Gasteiger partial charge in [0, 0.05) is 42.7 Å². The summed E-state index contributed by atoms with van der Waals surface area (Å²) in [5.41, 5.74) is 4.34. The molecule has 4 aromatic carbocycles. The molecule has 5 rings (SSSR count). The summed E-state index contributed by atoms with van der Waals surface area (Å²) in [6.45, 7) is 2.15. The molecule has 7 nitrogen and oxygen atoms in total. The van der Waals surface area contributed by atoms with E-state index in [1.165, 1.54) is 29.8 Å². The average Bonchev–Trinajstić information content (AvgIpc) is 3.03. The van der Waals surface area contributed by atoms with Crippen LogP contribution in [0.4, 0.5) is 4.39 Å². The molecule has 222 valence electrons. The van der Waals surface area contributed by atoms with E-state index in [2.05, 4.69) is 4.90 Å². The van der Waals surface area contributed by atoms with Crippen LogP contribution in [0.25, 0.3) is 0 Å². The van der Waals surface area contributed by atoms with Gasteiger partial charge in [0.1, 0.15) is 24.3 Å². The maximum absolute atomic E-state index is 13.2. The summed E-state index contributed by atoms with van der Waals surface area (Å²) in [7, 11) is 3.25. The van der Waals surface area contributed by atoms with E-state index in [1.807, 2.05) is 24.3 Å². The number of aliphatic hydroxyl groups is 1. The van der Waals surface area contributed by atoms with Gasteiger partial charge >= 0.3 is 0 Å². The molecule has 1 aliphatic heterocycles. The van der Waals surface area contributed by atoms with Gasteiger partial charge in [0.25, 0.3) is 0 Å². The molecular formula is C35H34FNO6. The number of hydrogen-bond acceptors (Lipinski definition) is 7. The highest BCUT2D eigenvalue weighted by Crippen LogP contribution is 2.33. The van der Waals surface area contributed by atoms with Gasteiger partial charge in [0.05, 0.1) is 14.2 Å². The molecule has 1 atom stereocenters. The number of methoxy groups -OCH3 is 2. The van der Waals surface area contributed by atoms with Crippen molar-refractivity contribution in [1.82, 2.24) is 4.90 Å². The van der Waals surface area contributed by atoms with Crippen LogP contribution in [0.1, 0.15) is 43.0 Å². The van der Waals surface area contributed by atoms with Crippen LogP contribution in [0.5, 0.6) is 17.2 Å². The number of hydrogen-bond donors (Lipinski definition) is 1. The van der Waals surface area contributed by atoms with Crippen LogP contribution in [0.15, 0.2) is 84.9 Å². The Balaban J connectivity index is 1.11. The van der Waals surface area contributed by atoms with Crippen molar-refractivity contribution >= 4 is 11.6 Å². The van der Waals surface area contributed by atoms with Gasteiger partial charge in [-0.25, -0.2) is 4.39 Å². The van der Waals surface area contributed by atoms with Crippen molar-refractivity contribution in [1.29, 1.82) is 0 Å². The number of carbonyl (C=O) groups excluding carboxylic acids is 2. The smallest absolute Gasteiger partial charge is 0.193 e. The van der Waals surface area contributed by atoms with E-state index in [4.69, 9.17) is 14.2 Å². The maximum atomic E-state index is 13.2. The fourth-order valence-electron chi connectivity index (χ4n) is 5.23. The van der Waals surface area contributed by atoms with Crippen LogP contribution < -0.4 is 14.2 Å². The number of aliphatic hydroxyl groups excluding tert-OH is 1. The first-order valence-electron chi connectivity index (χ1n) is 14.1. The number of fused-ring (bicyclic) bond motifs is 1. The predicted molar refractivity (Wildman–Crippen MR) is 161 cm³/mol. The van der Waals surface area contributed by atoms with Crippen molar-refractivity contribution in [3.8, 4) is 17.2 Å². The van der Waals surface area contributed by atoms with E-state index in [-0.39, 0.29) is 24.6 Å². The molecule has 8 heteroatoms. The monoisotopic (exact) mass is 583 g/mol. The molecule has 4 aromatic rings. The molecule has 43 heavy (non-hydrogen) atoms. The Bertz CT molecular complexity index is 1590. The summed E-state index contributed by atoms with van der Waals surface area (Å²) in [6, 6.07) is 23.1. The number of ketones is 2. The highest BCUT2D eigenvalue weighted by Gasteiger charge is 2.22. The summed E-state index contributed by atoms with van der Waals surface area (Å²) in [5.74, 6) is 1.20. The minimum Gasteiger partial charge on any atom is -0.493 e. The van der Waals surface area contributed by atoms with Crippen molar-refractivity contribution in [2.24, 2.45) is 0 Å². The van der Waals surface area contributed by atoms with Crippen molar-refractivity contribution in [2.45, 2.75) is 25.5 Å². The third kappa shape index (κ3) is 7.46. The fourth-order valence-corrected chi connectivity index (χ4v) is 5.23. The molecule has 0 saturated heterocycles. The van der Waals surface area contributed by atoms with Crippen LogP contribution >= 0.6 is 0 Å². The fraction of sp³-hybridized carbons (Fsp3) is 0.257. The number of benzene rings is 4. The molecule has 1 N–H and O–H groups in total. The number of ether oxygens (including phenoxy) is 3. The van der Waals surface area contributed by atoms with Gasteiger partial charge in [0.2, 0.25) is 0 Å². The summed E-state index contributed by atoms with van der Waals surface area (Å²) in [6.07, 6.45) is 0.343. The van der Waals surface area contributed by atoms with Gasteiger partial charge in [-0.1, -0.05) is 30.3 Å². The highest BCUT2D eigenvalue weighted by atomic mass is 19.1. The summed E-state index contributed by atoms with van der Waals surface area (Å²) < 4.78 is 29.9. The van der Waals surface area contributed by atoms with Crippen molar-refractivity contribution in [3.05, 3.63) is 124 Å². The lowest BCUT2D eigenvalue weighted by atomic mass is 9.97. The van der Waals surface area contributed by atoms with Gasteiger partial charge in [-0.2, -0.15) is 0 Å². The van der Waals surface area contributed by atoms with Crippen LogP contribution in [-0.2, 0) is 19.4 Å². The molecule has 0 bridgehead atoms. The first-order valence-corrected chi connectivity index (χ1v) is 14.1. The van der Waals surface area contributed by atoms with Gasteiger partial charge < -0.3 is 19.3 Å². The maximum Gasteiger partial charge on any atom is 0.193 e. The molecule has 0 saturated carbocycles. The molecule has 0 fully saturated rings. The van der Waals surface area contributed by atoms with Gasteiger partial charge in [-0.05, 0) is 77.7 Å². The Morgan fingerprint density at radius 3 is 2.23 bits per heavy atom. The molecule has 0 radical (unpaired) electrons. The van der Waals surface area contributed by atoms with Crippen LogP contribution in [-0.4, -0.2) is 61.6 Å². The van der Waals surface area contributed by atoms with Crippen LogP contribution in [0.2, 0.25) is 0 Å². The molecule has 1 heterocycles. The van der Waals surface area contributed by atoms with Crippen molar-refractivity contribution < 1.29 is 33.3 Å². The molecule has 0 aromatic heterocycles. The number of carbonyl (C=O) groups is 2. The number of nitrogens with zero attached hydrogens (tertiary/aromatic N) is 1. The molecule has 1 aliphatic rings. The summed E-state index contributed by atoms with van der Waals surface area (Å²) in [5, 5.41) is 10.6. The lowest BCUT2D eigenvalue weighted by molar-refractivity contribution is 0.0637. The SMILES string of the molecule is COc1cc2c(cc1OC)CN(CC(O)COc1ccc(CC(=O)c3cccc(C(=O)c4ccc(F)cc4)c3)cc1)CC2. The van der Waals surface area contributed by atoms with Crippen molar-refractivity contribution in [2.75, 3.05) is 33.9 Å². The standard InChI is InChI=1S/C35H34FNO6/c1-41-33-18-25-14-15-37(20-28(25)19-34(33)42-2)21-30(38)22-43-31-12-6-23(7-13-31)16-32(39)26-4-3-5-27(17-26)35(40)24-8-10-29(36)11-9-24/h3-13,17-19,30,38H,14-16,20-22H2,1-2H3. The molecule has 1 unspecified atom stereocenters. The third-order valence-electron chi connectivity index (χ3n) is 7.55. The molecule has 0 spiro atoms. The molecule has 0 aliphatic carbocycles. The Morgan fingerprint density at radius 1 is 0.860 bits per heavy atom. The number of rotatable bonds is 12. The Labute approximate surface area is 250 Å². The van der Waals surface area contributed by atoms with Crippen LogP contribution in [0.3, 0.4) is 0 Å². The zero-order valence-corrected chi connectivity index (χ0v) is 24.2. The van der Waals surface area contributed by atoms with E-state index in [0.29, 0.717) is 41.3 Å². The van der Waals surface area contributed by atoms with E-state index in [9.17, 15) is 19.1 Å². The second kappa shape index (κ2) is 13.6. The number of Topliss-reactive ketones (excluding diaryl/α,β-unsaturated/α-hetero) is 1. The first-order chi connectivity index (χ1) is 20.8. The van der Waals surface area contributed by atoms with Gasteiger partial charge in [0.15, 0.2) is 23.1 Å². The zero-order valence-electron chi connectivity index (χ0n) is 24.2. The second-order valence-corrected chi connectivity index (χ2v) is 10.6. The Hall–Kier alpha value is -4.53. The highest BCUT2D eigenvalue weighted by molar-refractivity contribution is 6.10. The lowest BCUT2D eigenvalue weighted by Crippen LogP contribution is -2.38. The first kappa shape index (κ1) is 29.9. The van der Waals surface area contributed by atoms with Crippen molar-refractivity contribution in [3.63, 3.8) is 0 Å². The molecule has 0 amide bonds. The summed E-state index contributed by atoms with van der Waals surface area (Å²) in [4.78, 5) is 27.9. The van der Waals surface area contributed by atoms with E-state index in [1.54, 1.807) is 50.6 Å². The predicted octanol–water partition coefficient (Wildman–Crippen LogP) is 5.30. The minimum atomic E-state index is -0.673. The average molecular weight is 584 g/mol. The Kier molecular flexibility index (Phi) is 9.49. The van der Waals surface area contributed by atoms with E-state index < -0.39 is 11.9 Å². The topological polar surface area (TPSA) is 85.3 Å². The van der Waals surface area contributed by atoms with E-state index >= 15 is 0 Å². The minimum absolute atomic E-state index is 0.128. The van der Waals surface area contributed by atoms with Gasteiger partial charge in [-0.15, -0.1) is 0 Å². The number of β-amino-alcohol motifs (C(OH)–C–C–N with tert-alkyl or cyclic N) is 1. The van der Waals surface area contributed by atoms with Gasteiger partial charge in [-0.3, -0.25) is 14.5 Å². The normalized spacial score (nSPS) is 13.6. The third-order valence-corrected chi connectivity index (χ3v) is 7.55. The quantitative estimate of drug-likeness (QED) is 0.227. The largest absolute Gasteiger partial charge is 0.493 e. The second-order valence-electron chi connectivity index (χ2n) is 10.6. The lowest BCUT2D eigenvalue weighted by Gasteiger charge is -2.31. The summed E-state index contributed by atoms with van der Waals surface area (Å²) >= 11 is 0.